The number of anilines is 1. The van der Waals surface area contributed by atoms with E-state index < -0.39 is 5.60 Å². The van der Waals surface area contributed by atoms with E-state index in [0.29, 0.717) is 36.9 Å². The molecule has 1 heterocycles. The van der Waals surface area contributed by atoms with Crippen molar-refractivity contribution in [1.29, 1.82) is 5.26 Å². The Labute approximate surface area is 209 Å². The topological polar surface area (TPSA) is 59.7 Å². The van der Waals surface area contributed by atoms with Gasteiger partial charge in [0.25, 0.3) is 0 Å². The van der Waals surface area contributed by atoms with Crippen LogP contribution in [0.15, 0.2) is 42.5 Å². The largest absolute Gasteiger partial charge is 0.491 e. The van der Waals surface area contributed by atoms with Gasteiger partial charge in [0.15, 0.2) is 0 Å². The average Bonchev–Trinajstić information content (AvgIpc) is 2.75. The first kappa shape index (κ1) is 29.0. The fraction of sp³-hybridized carbons (Fsp3) is 0.480. The lowest BCUT2D eigenvalue weighted by Gasteiger charge is -2.39. The van der Waals surface area contributed by atoms with Crippen molar-refractivity contribution >= 4 is 30.5 Å². The van der Waals surface area contributed by atoms with Gasteiger partial charge in [0, 0.05) is 44.5 Å². The summed E-state index contributed by atoms with van der Waals surface area (Å²) in [5, 5.41) is 19.9. The summed E-state index contributed by atoms with van der Waals surface area (Å²) in [6.45, 7) is 6.71. The zero-order valence-corrected chi connectivity index (χ0v) is 21.1. The van der Waals surface area contributed by atoms with Gasteiger partial charge in [0.2, 0.25) is 0 Å². The van der Waals surface area contributed by atoms with E-state index >= 15 is 0 Å². The van der Waals surface area contributed by atoms with Gasteiger partial charge in [-0.25, -0.2) is 4.39 Å². The van der Waals surface area contributed by atoms with Crippen molar-refractivity contribution in [3.63, 3.8) is 0 Å². The number of piperidine rings is 1. The standard InChI is InChI=1S/C25H32FN3O2.2ClH/c1-19(2)31-23-8-6-22(7-9-23)28(3)13-10-25(30)11-14-29(15-12-25)18-21-5-4-20(17-27)16-24(21)26;;/h4-9,16,19,30H,10-15,18H2,1-3H3;2*1H. The second-order valence-corrected chi connectivity index (χ2v) is 8.75. The Bertz CT molecular complexity index is 911. The van der Waals surface area contributed by atoms with Gasteiger partial charge in [-0.15, -0.1) is 24.8 Å². The minimum Gasteiger partial charge on any atom is -0.491 e. The van der Waals surface area contributed by atoms with Crippen molar-refractivity contribution in [2.75, 3.05) is 31.6 Å². The maximum Gasteiger partial charge on any atom is 0.129 e. The number of hydrogen-bond donors (Lipinski definition) is 1. The van der Waals surface area contributed by atoms with Gasteiger partial charge >= 0.3 is 0 Å². The van der Waals surface area contributed by atoms with E-state index in [2.05, 4.69) is 9.80 Å². The zero-order chi connectivity index (χ0) is 22.4. The lowest BCUT2D eigenvalue weighted by atomic mass is 9.88. The molecule has 0 amide bonds. The molecule has 0 aliphatic carbocycles. The zero-order valence-electron chi connectivity index (χ0n) is 19.5. The maximum absolute atomic E-state index is 14.2. The maximum atomic E-state index is 14.2. The molecule has 0 atom stereocenters. The number of rotatable bonds is 8. The highest BCUT2D eigenvalue weighted by molar-refractivity contribution is 5.85. The molecule has 1 fully saturated rings. The van der Waals surface area contributed by atoms with Crippen molar-refractivity contribution in [3.8, 4) is 11.8 Å². The van der Waals surface area contributed by atoms with Crippen LogP contribution < -0.4 is 9.64 Å². The molecule has 33 heavy (non-hydrogen) atoms. The van der Waals surface area contributed by atoms with Gasteiger partial charge in [-0.2, -0.15) is 5.26 Å². The monoisotopic (exact) mass is 497 g/mol. The highest BCUT2D eigenvalue weighted by atomic mass is 35.5. The van der Waals surface area contributed by atoms with E-state index in [-0.39, 0.29) is 36.7 Å². The lowest BCUT2D eigenvalue weighted by Crippen LogP contribution is -2.45. The Balaban J connectivity index is 0.00000272. The smallest absolute Gasteiger partial charge is 0.129 e. The molecule has 1 N–H and O–H groups in total. The first-order valence-electron chi connectivity index (χ1n) is 10.9. The number of likely N-dealkylation sites (tertiary alicyclic amines) is 1. The predicted octanol–water partition coefficient (Wildman–Crippen LogP) is 5.18. The molecule has 5 nitrogen and oxygen atoms in total. The van der Waals surface area contributed by atoms with Gasteiger partial charge in [-0.3, -0.25) is 4.90 Å². The van der Waals surface area contributed by atoms with E-state index in [4.69, 9.17) is 10.00 Å². The second-order valence-electron chi connectivity index (χ2n) is 8.75. The minimum absolute atomic E-state index is 0. The summed E-state index contributed by atoms with van der Waals surface area (Å²) in [5.74, 6) is 0.517. The molecule has 182 valence electrons. The van der Waals surface area contributed by atoms with Crippen molar-refractivity contribution in [1.82, 2.24) is 4.90 Å². The number of nitriles is 1. The van der Waals surface area contributed by atoms with Crippen LogP contribution >= 0.6 is 24.8 Å². The molecule has 0 unspecified atom stereocenters. The van der Waals surface area contributed by atoms with Gasteiger partial charge < -0.3 is 14.7 Å². The Morgan fingerprint density at radius 1 is 1.15 bits per heavy atom. The van der Waals surface area contributed by atoms with Crippen LogP contribution in [-0.4, -0.2) is 48.4 Å². The van der Waals surface area contributed by atoms with Gasteiger partial charge in [-0.1, -0.05) is 6.07 Å². The molecule has 0 bridgehead atoms. The molecule has 0 aromatic heterocycles. The molecule has 2 aromatic rings. The summed E-state index contributed by atoms with van der Waals surface area (Å²) in [6, 6.07) is 14.6. The summed E-state index contributed by atoms with van der Waals surface area (Å²) in [7, 11) is 2.03. The first-order valence-corrected chi connectivity index (χ1v) is 10.9. The molecule has 1 aliphatic rings. The number of hydrogen-bond acceptors (Lipinski definition) is 5. The van der Waals surface area contributed by atoms with Crippen molar-refractivity contribution in [2.45, 2.75) is 51.4 Å². The number of nitrogens with zero attached hydrogens (tertiary/aromatic N) is 3. The predicted molar refractivity (Wildman–Crippen MR) is 135 cm³/mol. The molecule has 1 aliphatic heterocycles. The van der Waals surface area contributed by atoms with Crippen LogP contribution in [0.2, 0.25) is 0 Å². The summed E-state index contributed by atoms with van der Waals surface area (Å²) in [4.78, 5) is 4.31. The van der Waals surface area contributed by atoms with Crippen molar-refractivity contribution in [2.24, 2.45) is 0 Å². The molecule has 0 saturated carbocycles. The molecule has 3 rings (SSSR count). The summed E-state index contributed by atoms with van der Waals surface area (Å²) in [5.41, 5.74) is 1.32. The highest BCUT2D eigenvalue weighted by Crippen LogP contribution is 2.28. The van der Waals surface area contributed by atoms with Gasteiger partial charge in [0.1, 0.15) is 11.6 Å². The number of benzene rings is 2. The molecule has 1 saturated heterocycles. The minimum atomic E-state index is -0.700. The Morgan fingerprint density at radius 2 is 1.79 bits per heavy atom. The van der Waals surface area contributed by atoms with Crippen LogP contribution in [0.25, 0.3) is 0 Å². The van der Waals surface area contributed by atoms with Crippen LogP contribution in [0, 0.1) is 17.1 Å². The number of halogens is 3. The van der Waals surface area contributed by atoms with Crippen LogP contribution in [0.3, 0.4) is 0 Å². The van der Waals surface area contributed by atoms with E-state index in [1.807, 2.05) is 51.2 Å². The fourth-order valence-electron chi connectivity index (χ4n) is 3.92. The molecular formula is C25H34Cl2FN3O2. The highest BCUT2D eigenvalue weighted by Gasteiger charge is 2.32. The quantitative estimate of drug-likeness (QED) is 0.544. The summed E-state index contributed by atoms with van der Waals surface area (Å²) in [6.07, 6.45) is 2.17. The van der Waals surface area contributed by atoms with Crippen LogP contribution in [0.5, 0.6) is 5.75 Å². The third kappa shape index (κ3) is 8.35. The van der Waals surface area contributed by atoms with Crippen LogP contribution in [0.4, 0.5) is 10.1 Å². The SMILES string of the molecule is CC(C)Oc1ccc(N(C)CCC2(O)CCN(Cc3ccc(C#N)cc3F)CC2)cc1.Cl.Cl. The molecule has 0 spiro atoms. The Hall–Kier alpha value is -2.04. The normalized spacial score (nSPS) is 15.2. The second kappa shape index (κ2) is 13.0. The Morgan fingerprint density at radius 3 is 2.33 bits per heavy atom. The van der Waals surface area contributed by atoms with Crippen LogP contribution in [0.1, 0.15) is 44.2 Å². The molecular weight excluding hydrogens is 464 g/mol. The Kier molecular flexibility index (Phi) is 11.4. The third-order valence-electron chi connectivity index (χ3n) is 5.92. The van der Waals surface area contributed by atoms with E-state index in [0.717, 1.165) is 31.1 Å². The van der Waals surface area contributed by atoms with E-state index in [1.54, 1.807) is 12.1 Å². The number of ether oxygens (including phenoxy) is 1. The van der Waals surface area contributed by atoms with Crippen molar-refractivity contribution in [3.05, 3.63) is 59.4 Å². The molecule has 8 heteroatoms. The number of aliphatic hydroxyl groups is 1. The molecule has 2 aromatic carbocycles. The lowest BCUT2D eigenvalue weighted by molar-refractivity contribution is -0.0277. The molecule has 0 radical (unpaired) electrons. The summed E-state index contributed by atoms with van der Waals surface area (Å²) >= 11 is 0. The van der Waals surface area contributed by atoms with E-state index in [1.165, 1.54) is 6.07 Å². The summed E-state index contributed by atoms with van der Waals surface area (Å²) < 4.78 is 19.9. The fourth-order valence-corrected chi connectivity index (χ4v) is 3.92. The van der Waals surface area contributed by atoms with Crippen LogP contribution in [-0.2, 0) is 6.54 Å². The average molecular weight is 498 g/mol. The van der Waals surface area contributed by atoms with Crippen molar-refractivity contribution < 1.29 is 14.2 Å². The first-order chi connectivity index (χ1) is 14.8. The van der Waals surface area contributed by atoms with Gasteiger partial charge in [-0.05, 0) is 69.5 Å². The third-order valence-corrected chi connectivity index (χ3v) is 5.92. The van der Waals surface area contributed by atoms with E-state index in [9.17, 15) is 9.50 Å². The van der Waals surface area contributed by atoms with Gasteiger partial charge in [0.05, 0.1) is 23.3 Å².